The molecule has 3 heteroatoms. The third kappa shape index (κ3) is 2.55. The summed E-state index contributed by atoms with van der Waals surface area (Å²) in [4.78, 5) is 2.24. The average Bonchev–Trinajstić information content (AvgIpc) is 2.00. The number of nitrogens with zero attached hydrogens (tertiary/aromatic N) is 2. The number of hydrogen-bond donors (Lipinski definition) is 0. The van der Waals surface area contributed by atoms with Gasteiger partial charge < -0.3 is 4.74 Å². The normalized spacial score (nSPS) is 21.0. The van der Waals surface area contributed by atoms with Crippen molar-refractivity contribution in [2.75, 3.05) is 20.3 Å². The summed E-state index contributed by atoms with van der Waals surface area (Å²) in [6, 6.07) is 2.97. The Morgan fingerprint density at radius 1 is 1.69 bits per heavy atom. The van der Waals surface area contributed by atoms with Crippen molar-refractivity contribution in [3.05, 3.63) is 11.6 Å². The zero-order valence-electron chi connectivity index (χ0n) is 8.45. The molecule has 1 unspecified atom stereocenters. The maximum atomic E-state index is 8.61. The Morgan fingerprint density at radius 2 is 2.31 bits per heavy atom. The van der Waals surface area contributed by atoms with Gasteiger partial charge >= 0.3 is 0 Å². The van der Waals surface area contributed by atoms with Crippen LogP contribution in [0.4, 0.5) is 0 Å². The van der Waals surface area contributed by atoms with Crippen molar-refractivity contribution in [2.45, 2.75) is 25.9 Å². The van der Waals surface area contributed by atoms with Gasteiger partial charge in [0.1, 0.15) is 0 Å². The molecule has 1 aliphatic rings. The molecule has 13 heavy (non-hydrogen) atoms. The van der Waals surface area contributed by atoms with E-state index in [4.69, 9.17) is 10.00 Å². The van der Waals surface area contributed by atoms with Gasteiger partial charge in [-0.25, -0.2) is 0 Å². The SMILES string of the molecule is C/C(C#N)=C\C(C)N(C)C1COC1. The first kappa shape index (κ1) is 10.2. The van der Waals surface area contributed by atoms with Crippen molar-refractivity contribution in [3.63, 3.8) is 0 Å². The molecule has 0 aromatic heterocycles. The predicted octanol–water partition coefficient (Wildman–Crippen LogP) is 1.18. The molecule has 1 rings (SSSR count). The van der Waals surface area contributed by atoms with E-state index < -0.39 is 0 Å². The van der Waals surface area contributed by atoms with Gasteiger partial charge in [0.25, 0.3) is 0 Å². The van der Waals surface area contributed by atoms with Crippen molar-refractivity contribution < 1.29 is 4.74 Å². The molecule has 0 aliphatic carbocycles. The molecule has 1 heterocycles. The molecule has 0 bridgehead atoms. The molecule has 0 radical (unpaired) electrons. The van der Waals surface area contributed by atoms with E-state index in [9.17, 15) is 0 Å². The lowest BCUT2D eigenvalue weighted by molar-refractivity contribution is -0.0620. The standard InChI is InChI=1S/C10H16N2O/c1-8(5-11)4-9(2)12(3)10-6-13-7-10/h4,9-10H,6-7H2,1-3H3/b8-4+. The van der Waals surface area contributed by atoms with Gasteiger partial charge in [-0.15, -0.1) is 0 Å². The zero-order chi connectivity index (χ0) is 9.84. The highest BCUT2D eigenvalue weighted by Gasteiger charge is 2.25. The lowest BCUT2D eigenvalue weighted by atomic mass is 10.1. The largest absolute Gasteiger partial charge is 0.378 e. The number of hydrogen-bond acceptors (Lipinski definition) is 3. The Hall–Kier alpha value is -0.850. The number of ether oxygens (including phenoxy) is 1. The van der Waals surface area contributed by atoms with Gasteiger partial charge in [-0.05, 0) is 20.9 Å². The van der Waals surface area contributed by atoms with Crippen LogP contribution in [0, 0.1) is 11.3 Å². The average molecular weight is 180 g/mol. The minimum atomic E-state index is 0.313. The molecule has 1 fully saturated rings. The molecular formula is C10H16N2O. The van der Waals surface area contributed by atoms with Crippen LogP contribution in [0.25, 0.3) is 0 Å². The summed E-state index contributed by atoms with van der Waals surface area (Å²) in [6.07, 6.45) is 1.98. The van der Waals surface area contributed by atoms with Gasteiger partial charge in [0.05, 0.1) is 25.3 Å². The first-order valence-electron chi connectivity index (χ1n) is 4.53. The van der Waals surface area contributed by atoms with E-state index in [2.05, 4.69) is 24.9 Å². The van der Waals surface area contributed by atoms with Gasteiger partial charge in [0.15, 0.2) is 0 Å². The van der Waals surface area contributed by atoms with E-state index in [1.807, 2.05) is 13.0 Å². The first-order chi connectivity index (χ1) is 6.15. The van der Waals surface area contributed by atoms with Crippen molar-refractivity contribution in [3.8, 4) is 6.07 Å². The number of rotatable bonds is 3. The van der Waals surface area contributed by atoms with Gasteiger partial charge in [0, 0.05) is 11.6 Å². The Kier molecular flexibility index (Phi) is 3.47. The highest BCUT2D eigenvalue weighted by molar-refractivity contribution is 5.19. The molecule has 0 amide bonds. The summed E-state index contributed by atoms with van der Waals surface area (Å²) < 4.78 is 5.11. The highest BCUT2D eigenvalue weighted by Crippen LogP contribution is 2.12. The van der Waals surface area contributed by atoms with Crippen LogP contribution in [0.3, 0.4) is 0 Å². The minimum absolute atomic E-state index is 0.313. The Morgan fingerprint density at radius 3 is 2.69 bits per heavy atom. The second-order valence-electron chi connectivity index (χ2n) is 3.56. The molecule has 0 aromatic rings. The molecule has 3 nitrogen and oxygen atoms in total. The summed E-state index contributed by atoms with van der Waals surface area (Å²) in [5, 5.41) is 8.61. The first-order valence-corrected chi connectivity index (χ1v) is 4.53. The lowest BCUT2D eigenvalue weighted by Crippen LogP contribution is -2.50. The van der Waals surface area contributed by atoms with E-state index in [0.29, 0.717) is 12.1 Å². The molecule has 0 N–H and O–H groups in total. The maximum absolute atomic E-state index is 8.61. The monoisotopic (exact) mass is 180 g/mol. The molecule has 1 saturated heterocycles. The van der Waals surface area contributed by atoms with Crippen LogP contribution in [0.1, 0.15) is 13.8 Å². The van der Waals surface area contributed by atoms with E-state index in [0.717, 1.165) is 18.8 Å². The fraction of sp³-hybridized carbons (Fsp3) is 0.700. The van der Waals surface area contributed by atoms with Gasteiger partial charge in [-0.2, -0.15) is 5.26 Å². The predicted molar refractivity (Wildman–Crippen MR) is 51.2 cm³/mol. The summed E-state index contributed by atoms with van der Waals surface area (Å²) in [7, 11) is 2.07. The third-order valence-electron chi connectivity index (χ3n) is 2.51. The smallest absolute Gasteiger partial charge is 0.0941 e. The molecular weight excluding hydrogens is 164 g/mol. The van der Waals surface area contributed by atoms with Crippen LogP contribution in [-0.4, -0.2) is 37.2 Å². The Labute approximate surface area is 79.6 Å². The molecule has 1 atom stereocenters. The van der Waals surface area contributed by atoms with Crippen molar-refractivity contribution in [1.29, 1.82) is 5.26 Å². The van der Waals surface area contributed by atoms with E-state index in [-0.39, 0.29) is 0 Å². The summed E-state index contributed by atoms with van der Waals surface area (Å²) >= 11 is 0. The van der Waals surface area contributed by atoms with Gasteiger partial charge in [-0.3, -0.25) is 4.90 Å². The van der Waals surface area contributed by atoms with Crippen molar-refractivity contribution in [2.24, 2.45) is 0 Å². The number of allylic oxidation sites excluding steroid dienone is 1. The van der Waals surface area contributed by atoms with Crippen molar-refractivity contribution >= 4 is 0 Å². The van der Waals surface area contributed by atoms with Gasteiger partial charge in [0.2, 0.25) is 0 Å². The van der Waals surface area contributed by atoms with E-state index in [1.165, 1.54) is 0 Å². The van der Waals surface area contributed by atoms with Crippen LogP contribution in [0.5, 0.6) is 0 Å². The van der Waals surface area contributed by atoms with E-state index >= 15 is 0 Å². The third-order valence-corrected chi connectivity index (χ3v) is 2.51. The second kappa shape index (κ2) is 4.40. The van der Waals surface area contributed by atoms with Crippen molar-refractivity contribution in [1.82, 2.24) is 4.90 Å². The van der Waals surface area contributed by atoms with E-state index in [1.54, 1.807) is 0 Å². The Bertz CT molecular complexity index is 238. The van der Waals surface area contributed by atoms with Crippen LogP contribution in [-0.2, 0) is 4.74 Å². The lowest BCUT2D eigenvalue weighted by Gasteiger charge is -2.37. The molecule has 0 saturated carbocycles. The van der Waals surface area contributed by atoms with Crippen LogP contribution in [0.15, 0.2) is 11.6 Å². The summed E-state index contributed by atoms with van der Waals surface area (Å²) in [5.41, 5.74) is 0.777. The minimum Gasteiger partial charge on any atom is -0.378 e. The summed E-state index contributed by atoms with van der Waals surface area (Å²) in [5.74, 6) is 0. The number of nitriles is 1. The number of likely N-dealkylation sites (N-methyl/N-ethyl adjacent to an activating group) is 1. The van der Waals surface area contributed by atoms with Crippen LogP contribution >= 0.6 is 0 Å². The molecule has 0 aromatic carbocycles. The topological polar surface area (TPSA) is 36.3 Å². The highest BCUT2D eigenvalue weighted by atomic mass is 16.5. The molecule has 0 spiro atoms. The van der Waals surface area contributed by atoms with Gasteiger partial charge in [-0.1, -0.05) is 6.08 Å². The van der Waals surface area contributed by atoms with Crippen LogP contribution < -0.4 is 0 Å². The fourth-order valence-corrected chi connectivity index (χ4v) is 1.31. The summed E-state index contributed by atoms with van der Waals surface area (Å²) in [6.45, 7) is 5.57. The molecule has 1 aliphatic heterocycles. The second-order valence-corrected chi connectivity index (χ2v) is 3.56. The molecule has 72 valence electrons. The quantitative estimate of drug-likeness (QED) is 0.612. The Balaban J connectivity index is 2.47. The fourth-order valence-electron chi connectivity index (χ4n) is 1.31. The zero-order valence-corrected chi connectivity index (χ0v) is 8.45. The maximum Gasteiger partial charge on any atom is 0.0941 e. The van der Waals surface area contributed by atoms with Crippen LogP contribution in [0.2, 0.25) is 0 Å².